The SMILES string of the molecule is C=C(C)C/C(=C\c1ccc(-c2ccc(C(=C)C)cc2)cc1C)C(=C)C.CC.CC.CC.CC. The zero-order valence-corrected chi connectivity index (χ0v) is 23.9. The highest BCUT2D eigenvalue weighted by atomic mass is 14.1. The largest absolute Gasteiger partial charge is 0.0998 e. The molecular formula is C33H52. The lowest BCUT2D eigenvalue weighted by molar-refractivity contribution is 1.13. The van der Waals surface area contributed by atoms with E-state index < -0.39 is 0 Å². The average Bonchev–Trinajstić information content (AvgIpc) is 2.84. The van der Waals surface area contributed by atoms with Crippen LogP contribution in [-0.2, 0) is 0 Å². The summed E-state index contributed by atoms with van der Waals surface area (Å²) in [6, 6.07) is 15.2. The van der Waals surface area contributed by atoms with Crippen molar-refractivity contribution in [2.24, 2.45) is 0 Å². The molecule has 0 spiro atoms. The second-order valence-corrected chi connectivity index (χ2v) is 7.01. The molecule has 33 heavy (non-hydrogen) atoms. The van der Waals surface area contributed by atoms with Gasteiger partial charge in [0.15, 0.2) is 0 Å². The van der Waals surface area contributed by atoms with E-state index in [0.717, 1.165) is 23.1 Å². The van der Waals surface area contributed by atoms with Crippen molar-refractivity contribution in [1.29, 1.82) is 0 Å². The topological polar surface area (TPSA) is 0 Å². The molecule has 2 rings (SSSR count). The Morgan fingerprint density at radius 1 is 0.697 bits per heavy atom. The molecule has 2 aromatic rings. The van der Waals surface area contributed by atoms with Gasteiger partial charge in [-0.3, -0.25) is 0 Å². The van der Waals surface area contributed by atoms with E-state index in [2.05, 4.69) is 89.0 Å². The summed E-state index contributed by atoms with van der Waals surface area (Å²) in [4.78, 5) is 0. The van der Waals surface area contributed by atoms with Crippen LogP contribution >= 0.6 is 0 Å². The summed E-state index contributed by atoms with van der Waals surface area (Å²) in [6.07, 6.45) is 3.11. The molecule has 0 saturated carbocycles. The summed E-state index contributed by atoms with van der Waals surface area (Å²) in [6.45, 7) is 36.4. The summed E-state index contributed by atoms with van der Waals surface area (Å²) in [5, 5.41) is 0. The van der Waals surface area contributed by atoms with Crippen LogP contribution in [0.15, 0.2) is 78.9 Å². The zero-order valence-electron chi connectivity index (χ0n) is 23.9. The molecule has 0 N–H and O–H groups in total. The Hall–Kier alpha value is -2.60. The number of hydrogen-bond donors (Lipinski definition) is 0. The minimum atomic E-state index is 0.874. The van der Waals surface area contributed by atoms with Crippen molar-refractivity contribution in [2.75, 3.05) is 0 Å². The number of rotatable bonds is 6. The van der Waals surface area contributed by atoms with Gasteiger partial charge in [-0.1, -0.05) is 140 Å². The molecule has 0 aliphatic heterocycles. The van der Waals surface area contributed by atoms with Gasteiger partial charge in [0.25, 0.3) is 0 Å². The van der Waals surface area contributed by atoms with Gasteiger partial charge in [-0.25, -0.2) is 0 Å². The normalized spacial score (nSPS) is 9.27. The maximum Gasteiger partial charge on any atom is -0.00699 e. The molecule has 0 heterocycles. The van der Waals surface area contributed by atoms with Crippen molar-refractivity contribution in [3.8, 4) is 11.1 Å². The summed E-state index contributed by atoms with van der Waals surface area (Å²) in [5.74, 6) is 0. The molecule has 0 fully saturated rings. The van der Waals surface area contributed by atoms with Crippen LogP contribution in [0.25, 0.3) is 22.8 Å². The quantitative estimate of drug-likeness (QED) is 0.304. The van der Waals surface area contributed by atoms with Crippen molar-refractivity contribution in [3.05, 3.63) is 95.6 Å². The van der Waals surface area contributed by atoms with Gasteiger partial charge in [-0.05, 0) is 67.5 Å². The molecule has 0 heteroatoms. The lowest BCUT2D eigenvalue weighted by atomic mass is 9.94. The van der Waals surface area contributed by atoms with Gasteiger partial charge in [-0.15, -0.1) is 0 Å². The second kappa shape index (κ2) is 21.3. The first-order valence-electron chi connectivity index (χ1n) is 12.7. The summed E-state index contributed by atoms with van der Waals surface area (Å²) in [5.41, 5.74) is 10.7. The van der Waals surface area contributed by atoms with E-state index in [0.29, 0.717) is 0 Å². The van der Waals surface area contributed by atoms with E-state index in [1.165, 1.54) is 33.4 Å². The third-order valence-corrected chi connectivity index (χ3v) is 4.35. The van der Waals surface area contributed by atoms with Gasteiger partial charge in [0.05, 0.1) is 0 Å². The van der Waals surface area contributed by atoms with E-state index in [1.54, 1.807) is 0 Å². The van der Waals surface area contributed by atoms with Crippen LogP contribution in [0.4, 0.5) is 0 Å². The Balaban J connectivity index is -0.00000101. The highest BCUT2D eigenvalue weighted by Gasteiger charge is 2.05. The molecule has 184 valence electrons. The Morgan fingerprint density at radius 2 is 1.15 bits per heavy atom. The molecule has 0 saturated heterocycles. The Kier molecular flexibility index (Phi) is 22.5. The Bertz CT molecular complexity index is 842. The molecule has 0 aromatic heterocycles. The van der Waals surface area contributed by atoms with Crippen LogP contribution in [0.1, 0.15) is 99.3 Å². The predicted molar refractivity (Wildman–Crippen MR) is 159 cm³/mol. The van der Waals surface area contributed by atoms with E-state index in [4.69, 9.17) is 0 Å². The molecule has 0 nitrogen and oxygen atoms in total. The Morgan fingerprint density at radius 3 is 1.52 bits per heavy atom. The average molecular weight is 449 g/mol. The van der Waals surface area contributed by atoms with Gasteiger partial charge in [0.2, 0.25) is 0 Å². The molecule has 0 atom stereocenters. The number of benzene rings is 2. The number of aryl methyl sites for hydroxylation is 1. The third-order valence-electron chi connectivity index (χ3n) is 4.35. The Labute approximate surface area is 207 Å². The lowest BCUT2D eigenvalue weighted by Crippen LogP contribution is -1.90. The predicted octanol–water partition coefficient (Wildman–Crippen LogP) is 11.7. The van der Waals surface area contributed by atoms with E-state index in [1.807, 2.05) is 62.3 Å². The standard InChI is InChI=1S/C25H28.4C2H6/c1-17(2)14-25(19(5)6)16-23-12-13-24(15-20(23)7)22-10-8-21(9-11-22)18(3)4;4*1-2/h8-13,15-16H,1,3,5,14H2,2,4,6-7H3;4*1-2H3/b25-16+;;;;. The van der Waals surface area contributed by atoms with Gasteiger partial charge in [0, 0.05) is 0 Å². The van der Waals surface area contributed by atoms with Gasteiger partial charge < -0.3 is 0 Å². The van der Waals surface area contributed by atoms with Crippen molar-refractivity contribution < 1.29 is 0 Å². The van der Waals surface area contributed by atoms with Crippen molar-refractivity contribution in [1.82, 2.24) is 0 Å². The zero-order chi connectivity index (χ0) is 26.6. The maximum atomic E-state index is 4.11. The molecule has 0 amide bonds. The molecule has 0 aliphatic rings. The smallest absolute Gasteiger partial charge is 0.00699 e. The maximum absolute atomic E-state index is 4.11. The van der Waals surface area contributed by atoms with Crippen molar-refractivity contribution in [3.63, 3.8) is 0 Å². The fraction of sp³-hybridized carbons (Fsp3) is 0.394. The number of hydrogen-bond acceptors (Lipinski definition) is 0. The van der Waals surface area contributed by atoms with Gasteiger partial charge >= 0.3 is 0 Å². The van der Waals surface area contributed by atoms with E-state index in [9.17, 15) is 0 Å². The van der Waals surface area contributed by atoms with Crippen LogP contribution in [0.3, 0.4) is 0 Å². The molecule has 0 unspecified atom stereocenters. The summed E-state index contributed by atoms with van der Waals surface area (Å²) < 4.78 is 0. The van der Waals surface area contributed by atoms with Crippen LogP contribution in [-0.4, -0.2) is 0 Å². The highest BCUT2D eigenvalue weighted by Crippen LogP contribution is 2.27. The first-order valence-corrected chi connectivity index (χ1v) is 12.7. The second-order valence-electron chi connectivity index (χ2n) is 7.01. The van der Waals surface area contributed by atoms with Gasteiger partial charge in [-0.2, -0.15) is 0 Å². The van der Waals surface area contributed by atoms with Gasteiger partial charge in [0.1, 0.15) is 0 Å². The van der Waals surface area contributed by atoms with E-state index >= 15 is 0 Å². The van der Waals surface area contributed by atoms with Crippen molar-refractivity contribution >= 4 is 11.6 Å². The first kappa shape index (κ1) is 35.0. The fourth-order valence-corrected chi connectivity index (χ4v) is 2.80. The minimum absolute atomic E-state index is 0.874. The molecule has 0 bridgehead atoms. The van der Waals surface area contributed by atoms with Crippen LogP contribution in [0, 0.1) is 6.92 Å². The molecular weight excluding hydrogens is 396 g/mol. The van der Waals surface area contributed by atoms with Crippen molar-refractivity contribution in [2.45, 2.75) is 89.5 Å². The molecule has 0 radical (unpaired) electrons. The monoisotopic (exact) mass is 448 g/mol. The number of allylic oxidation sites excluding steroid dienone is 4. The molecule has 2 aromatic carbocycles. The van der Waals surface area contributed by atoms with Crippen LogP contribution < -0.4 is 0 Å². The van der Waals surface area contributed by atoms with Crippen LogP contribution in [0.5, 0.6) is 0 Å². The third kappa shape index (κ3) is 13.5. The first-order chi connectivity index (χ1) is 15.8. The van der Waals surface area contributed by atoms with Crippen LogP contribution in [0.2, 0.25) is 0 Å². The molecule has 0 aliphatic carbocycles. The van der Waals surface area contributed by atoms with E-state index in [-0.39, 0.29) is 0 Å². The fourth-order valence-electron chi connectivity index (χ4n) is 2.80. The highest BCUT2D eigenvalue weighted by molar-refractivity contribution is 5.71. The minimum Gasteiger partial charge on any atom is -0.0998 e. The summed E-state index contributed by atoms with van der Waals surface area (Å²) in [7, 11) is 0. The summed E-state index contributed by atoms with van der Waals surface area (Å²) >= 11 is 0. The lowest BCUT2D eigenvalue weighted by Gasteiger charge is -2.11.